The molecular weight excluding hydrogens is 202 g/mol. The van der Waals surface area contributed by atoms with E-state index < -0.39 is 6.10 Å². The number of aliphatic hydroxyl groups is 2. The molecule has 1 rings (SSSR count). The van der Waals surface area contributed by atoms with E-state index in [0.717, 1.165) is 11.3 Å². The quantitative estimate of drug-likeness (QED) is 0.802. The van der Waals surface area contributed by atoms with E-state index in [4.69, 9.17) is 5.11 Å². The van der Waals surface area contributed by atoms with Gasteiger partial charge in [-0.1, -0.05) is 12.1 Å². The predicted molar refractivity (Wildman–Crippen MR) is 66.6 cm³/mol. The fourth-order valence-electron chi connectivity index (χ4n) is 1.74. The van der Waals surface area contributed by atoms with Gasteiger partial charge in [-0.3, -0.25) is 0 Å². The molecule has 0 spiro atoms. The fourth-order valence-corrected chi connectivity index (χ4v) is 1.74. The molecule has 1 aromatic carbocycles. The van der Waals surface area contributed by atoms with Gasteiger partial charge in [-0.05, 0) is 38.5 Å². The SMILES string of the molecule is CC(C)N(CCO)c1ccc([C@H](C)O)cc1. The lowest BCUT2D eigenvalue weighted by atomic mass is 10.1. The van der Waals surface area contributed by atoms with Crippen LogP contribution < -0.4 is 4.90 Å². The molecule has 2 N–H and O–H groups in total. The van der Waals surface area contributed by atoms with Crippen LogP contribution in [0.1, 0.15) is 32.4 Å². The van der Waals surface area contributed by atoms with Gasteiger partial charge in [-0.15, -0.1) is 0 Å². The average molecular weight is 223 g/mol. The standard InChI is InChI=1S/C13H21NO2/c1-10(2)14(8-9-15)13-6-4-12(5-7-13)11(3)16/h4-7,10-11,15-16H,8-9H2,1-3H3/t11-/m0/s1. The Balaban J connectivity index is 2.85. The van der Waals surface area contributed by atoms with E-state index in [0.29, 0.717) is 12.6 Å². The van der Waals surface area contributed by atoms with Gasteiger partial charge in [0, 0.05) is 18.3 Å². The van der Waals surface area contributed by atoms with Gasteiger partial charge in [0.2, 0.25) is 0 Å². The van der Waals surface area contributed by atoms with Crippen LogP contribution in [0, 0.1) is 0 Å². The molecule has 1 atom stereocenters. The summed E-state index contributed by atoms with van der Waals surface area (Å²) in [5, 5.41) is 18.4. The minimum absolute atomic E-state index is 0.149. The Labute approximate surface area is 97.3 Å². The van der Waals surface area contributed by atoms with Crippen molar-refractivity contribution >= 4 is 5.69 Å². The van der Waals surface area contributed by atoms with Crippen LogP contribution in [0.15, 0.2) is 24.3 Å². The highest BCUT2D eigenvalue weighted by atomic mass is 16.3. The summed E-state index contributed by atoms with van der Waals surface area (Å²) in [6, 6.07) is 8.17. The monoisotopic (exact) mass is 223 g/mol. The van der Waals surface area contributed by atoms with E-state index in [9.17, 15) is 5.11 Å². The van der Waals surface area contributed by atoms with Gasteiger partial charge in [-0.25, -0.2) is 0 Å². The third kappa shape index (κ3) is 3.22. The molecule has 0 radical (unpaired) electrons. The third-order valence-electron chi connectivity index (χ3n) is 2.67. The van der Waals surface area contributed by atoms with Crippen LogP contribution in [0.3, 0.4) is 0 Å². The van der Waals surface area contributed by atoms with Crippen molar-refractivity contribution in [2.45, 2.75) is 32.9 Å². The highest BCUT2D eigenvalue weighted by molar-refractivity contribution is 5.48. The molecule has 16 heavy (non-hydrogen) atoms. The van der Waals surface area contributed by atoms with Crippen molar-refractivity contribution in [2.75, 3.05) is 18.1 Å². The zero-order valence-electron chi connectivity index (χ0n) is 10.2. The topological polar surface area (TPSA) is 43.7 Å². The van der Waals surface area contributed by atoms with Gasteiger partial charge in [0.1, 0.15) is 0 Å². The van der Waals surface area contributed by atoms with Crippen molar-refractivity contribution in [2.24, 2.45) is 0 Å². The largest absolute Gasteiger partial charge is 0.395 e. The van der Waals surface area contributed by atoms with Gasteiger partial charge < -0.3 is 15.1 Å². The number of rotatable bonds is 5. The Morgan fingerprint density at radius 2 is 1.69 bits per heavy atom. The summed E-state index contributed by atoms with van der Waals surface area (Å²) in [5.74, 6) is 0. The maximum atomic E-state index is 9.41. The smallest absolute Gasteiger partial charge is 0.0761 e. The fraction of sp³-hybridized carbons (Fsp3) is 0.538. The number of hydrogen-bond acceptors (Lipinski definition) is 3. The molecule has 1 aromatic rings. The van der Waals surface area contributed by atoms with Gasteiger partial charge in [0.25, 0.3) is 0 Å². The lowest BCUT2D eigenvalue weighted by Crippen LogP contribution is -2.33. The van der Waals surface area contributed by atoms with Gasteiger partial charge in [0.15, 0.2) is 0 Å². The van der Waals surface area contributed by atoms with Crippen LogP contribution >= 0.6 is 0 Å². The summed E-state index contributed by atoms with van der Waals surface area (Å²) in [4.78, 5) is 2.13. The van der Waals surface area contributed by atoms with Gasteiger partial charge in [-0.2, -0.15) is 0 Å². The summed E-state index contributed by atoms with van der Waals surface area (Å²) >= 11 is 0. The molecule has 0 unspecified atom stereocenters. The molecule has 0 aliphatic rings. The number of benzene rings is 1. The molecule has 0 heterocycles. The first-order valence-electron chi connectivity index (χ1n) is 5.71. The lowest BCUT2D eigenvalue weighted by molar-refractivity contribution is 0.199. The molecule has 0 saturated carbocycles. The van der Waals surface area contributed by atoms with Crippen molar-refractivity contribution in [3.05, 3.63) is 29.8 Å². The van der Waals surface area contributed by atoms with Gasteiger partial charge >= 0.3 is 0 Å². The molecule has 0 amide bonds. The van der Waals surface area contributed by atoms with Crippen LogP contribution in [0.2, 0.25) is 0 Å². The first-order chi connectivity index (χ1) is 7.56. The average Bonchev–Trinajstić information content (AvgIpc) is 2.25. The second-order valence-corrected chi connectivity index (χ2v) is 4.28. The second kappa shape index (κ2) is 5.87. The van der Waals surface area contributed by atoms with Crippen LogP contribution in [0.4, 0.5) is 5.69 Å². The minimum atomic E-state index is -0.431. The summed E-state index contributed by atoms with van der Waals surface area (Å²) in [6.07, 6.45) is -0.431. The van der Waals surface area contributed by atoms with Gasteiger partial charge in [0.05, 0.1) is 12.7 Å². The molecular formula is C13H21NO2. The zero-order valence-corrected chi connectivity index (χ0v) is 10.2. The highest BCUT2D eigenvalue weighted by Crippen LogP contribution is 2.20. The first kappa shape index (κ1) is 13.0. The van der Waals surface area contributed by atoms with Crippen molar-refractivity contribution in [1.29, 1.82) is 0 Å². The molecule has 0 fully saturated rings. The molecule has 90 valence electrons. The second-order valence-electron chi connectivity index (χ2n) is 4.28. The van der Waals surface area contributed by atoms with Crippen LogP contribution in [-0.4, -0.2) is 29.4 Å². The Morgan fingerprint density at radius 1 is 1.12 bits per heavy atom. The molecule has 3 nitrogen and oxygen atoms in total. The van der Waals surface area contributed by atoms with E-state index in [1.165, 1.54) is 0 Å². The molecule has 0 aromatic heterocycles. The lowest BCUT2D eigenvalue weighted by Gasteiger charge is -2.28. The van der Waals surface area contributed by atoms with E-state index >= 15 is 0 Å². The molecule has 3 heteroatoms. The Kier molecular flexibility index (Phi) is 4.77. The number of hydrogen-bond donors (Lipinski definition) is 2. The van der Waals surface area contributed by atoms with Crippen LogP contribution in [-0.2, 0) is 0 Å². The predicted octanol–water partition coefficient (Wildman–Crippen LogP) is 1.95. The Bertz CT molecular complexity index is 306. The van der Waals surface area contributed by atoms with Crippen LogP contribution in [0.25, 0.3) is 0 Å². The Morgan fingerprint density at radius 3 is 2.06 bits per heavy atom. The third-order valence-corrected chi connectivity index (χ3v) is 2.67. The first-order valence-corrected chi connectivity index (χ1v) is 5.71. The van der Waals surface area contributed by atoms with E-state index in [1.807, 2.05) is 24.3 Å². The number of anilines is 1. The molecule has 0 saturated heterocycles. The maximum absolute atomic E-state index is 9.41. The zero-order chi connectivity index (χ0) is 12.1. The van der Waals surface area contributed by atoms with Crippen molar-refractivity contribution in [3.63, 3.8) is 0 Å². The normalized spacial score (nSPS) is 12.9. The van der Waals surface area contributed by atoms with E-state index in [1.54, 1.807) is 6.92 Å². The summed E-state index contributed by atoms with van der Waals surface area (Å²) in [5.41, 5.74) is 1.99. The molecule has 0 aliphatic carbocycles. The van der Waals surface area contributed by atoms with Crippen molar-refractivity contribution in [1.82, 2.24) is 0 Å². The minimum Gasteiger partial charge on any atom is -0.395 e. The van der Waals surface area contributed by atoms with Crippen molar-refractivity contribution in [3.8, 4) is 0 Å². The summed E-state index contributed by atoms with van der Waals surface area (Å²) < 4.78 is 0. The number of aliphatic hydroxyl groups excluding tert-OH is 2. The summed E-state index contributed by atoms with van der Waals surface area (Å²) in [6.45, 7) is 6.72. The van der Waals surface area contributed by atoms with Crippen molar-refractivity contribution < 1.29 is 10.2 Å². The maximum Gasteiger partial charge on any atom is 0.0761 e. The number of nitrogens with zero attached hydrogens (tertiary/aromatic N) is 1. The molecule has 0 bridgehead atoms. The van der Waals surface area contributed by atoms with E-state index in [2.05, 4.69) is 18.7 Å². The highest BCUT2D eigenvalue weighted by Gasteiger charge is 2.10. The van der Waals surface area contributed by atoms with Crippen LogP contribution in [0.5, 0.6) is 0 Å². The van der Waals surface area contributed by atoms with E-state index in [-0.39, 0.29) is 6.61 Å². The molecule has 0 aliphatic heterocycles. The summed E-state index contributed by atoms with van der Waals surface area (Å²) in [7, 11) is 0. The Hall–Kier alpha value is -1.06.